The molecule has 0 saturated heterocycles. The smallest absolute Gasteiger partial charge is 0.139 e. The second kappa shape index (κ2) is 5.97. The molecule has 0 unspecified atom stereocenters. The van der Waals surface area contributed by atoms with E-state index in [1.165, 1.54) is 0 Å². The highest BCUT2D eigenvalue weighted by atomic mass is 35.5. The zero-order valence-electron chi connectivity index (χ0n) is 11.5. The van der Waals surface area contributed by atoms with Crippen LogP contribution in [0.2, 0.25) is 5.02 Å². The molecular weight excluding hydrogens is 272 g/mol. The van der Waals surface area contributed by atoms with E-state index in [4.69, 9.17) is 27.5 Å². The summed E-state index contributed by atoms with van der Waals surface area (Å²) in [4.78, 5) is 0. The van der Waals surface area contributed by atoms with Gasteiger partial charge < -0.3 is 10.5 Å². The maximum absolute atomic E-state index is 7.63. The van der Waals surface area contributed by atoms with Crippen LogP contribution >= 0.6 is 11.6 Å². The zero-order valence-corrected chi connectivity index (χ0v) is 12.2. The molecular formula is C16H17ClN2O. The number of nitrogens with one attached hydrogen (secondary N) is 1. The number of nitrogens with two attached hydrogens (primary N) is 1. The van der Waals surface area contributed by atoms with Gasteiger partial charge in [-0.3, -0.25) is 5.41 Å². The number of benzene rings is 2. The van der Waals surface area contributed by atoms with Crippen molar-refractivity contribution in [2.24, 2.45) is 5.73 Å². The minimum Gasteiger partial charge on any atom is -0.456 e. The fraction of sp³-hybridized carbons (Fsp3) is 0.188. The highest BCUT2D eigenvalue weighted by Gasteiger charge is 2.14. The van der Waals surface area contributed by atoms with E-state index in [1.807, 2.05) is 24.3 Å². The molecule has 0 saturated carbocycles. The number of halogens is 1. The fourth-order valence-electron chi connectivity index (χ4n) is 2.02. The van der Waals surface area contributed by atoms with Crippen LogP contribution in [-0.4, -0.2) is 5.84 Å². The average Bonchev–Trinajstić information content (AvgIpc) is 2.38. The SMILES string of the molecule is CC(C)c1ccccc1Oc1cccc(Cl)c1C(=N)N. The van der Waals surface area contributed by atoms with Crippen molar-refractivity contribution in [3.63, 3.8) is 0 Å². The number of ether oxygens (including phenoxy) is 1. The van der Waals surface area contributed by atoms with Crippen molar-refractivity contribution in [1.29, 1.82) is 5.41 Å². The number of rotatable bonds is 4. The number of hydrogen-bond acceptors (Lipinski definition) is 2. The van der Waals surface area contributed by atoms with Gasteiger partial charge in [0.15, 0.2) is 0 Å². The summed E-state index contributed by atoms with van der Waals surface area (Å²) in [5, 5.41) is 8.05. The van der Waals surface area contributed by atoms with Crippen molar-refractivity contribution in [1.82, 2.24) is 0 Å². The van der Waals surface area contributed by atoms with Crippen LogP contribution in [0.15, 0.2) is 42.5 Å². The highest BCUT2D eigenvalue weighted by molar-refractivity contribution is 6.34. The molecule has 0 aromatic heterocycles. The molecule has 0 spiro atoms. The van der Waals surface area contributed by atoms with E-state index in [-0.39, 0.29) is 5.84 Å². The summed E-state index contributed by atoms with van der Waals surface area (Å²) in [7, 11) is 0. The minimum atomic E-state index is -0.104. The number of amidine groups is 1. The van der Waals surface area contributed by atoms with Crippen molar-refractivity contribution in [2.45, 2.75) is 19.8 Å². The van der Waals surface area contributed by atoms with Gasteiger partial charge in [0, 0.05) is 0 Å². The molecule has 104 valence electrons. The molecule has 3 nitrogen and oxygen atoms in total. The van der Waals surface area contributed by atoms with Gasteiger partial charge in [0.1, 0.15) is 17.3 Å². The van der Waals surface area contributed by atoms with Crippen molar-refractivity contribution >= 4 is 17.4 Å². The van der Waals surface area contributed by atoms with E-state index >= 15 is 0 Å². The molecule has 0 heterocycles. The third-order valence-corrected chi connectivity index (χ3v) is 3.32. The standard InChI is InChI=1S/C16H17ClN2O/c1-10(2)11-6-3-4-8-13(11)20-14-9-5-7-12(17)15(14)16(18)19/h3-10H,1-2H3,(H3,18,19). The highest BCUT2D eigenvalue weighted by Crippen LogP contribution is 2.34. The van der Waals surface area contributed by atoms with Gasteiger partial charge in [0.25, 0.3) is 0 Å². The van der Waals surface area contributed by atoms with E-state index in [2.05, 4.69) is 13.8 Å². The Morgan fingerprint density at radius 1 is 1.10 bits per heavy atom. The summed E-state index contributed by atoms with van der Waals surface area (Å²) in [5.41, 5.74) is 7.11. The molecule has 2 aromatic rings. The summed E-state index contributed by atoms with van der Waals surface area (Å²) in [6.45, 7) is 4.21. The monoisotopic (exact) mass is 288 g/mol. The van der Waals surface area contributed by atoms with Crippen LogP contribution in [0.1, 0.15) is 30.9 Å². The van der Waals surface area contributed by atoms with E-state index in [0.717, 1.165) is 11.3 Å². The van der Waals surface area contributed by atoms with Crippen LogP contribution in [0, 0.1) is 5.41 Å². The third-order valence-electron chi connectivity index (χ3n) is 3.01. The zero-order chi connectivity index (χ0) is 14.7. The van der Waals surface area contributed by atoms with Crippen LogP contribution in [-0.2, 0) is 0 Å². The fourth-order valence-corrected chi connectivity index (χ4v) is 2.29. The summed E-state index contributed by atoms with van der Waals surface area (Å²) in [6.07, 6.45) is 0. The predicted octanol–water partition coefficient (Wildman–Crippen LogP) is 4.54. The van der Waals surface area contributed by atoms with Gasteiger partial charge >= 0.3 is 0 Å². The van der Waals surface area contributed by atoms with Gasteiger partial charge in [-0.25, -0.2) is 0 Å². The molecule has 2 rings (SSSR count). The van der Waals surface area contributed by atoms with E-state index < -0.39 is 0 Å². The Morgan fingerprint density at radius 3 is 2.40 bits per heavy atom. The summed E-state index contributed by atoms with van der Waals surface area (Å²) < 4.78 is 5.94. The van der Waals surface area contributed by atoms with Crippen LogP contribution < -0.4 is 10.5 Å². The van der Waals surface area contributed by atoms with E-state index in [0.29, 0.717) is 22.3 Å². The lowest BCUT2D eigenvalue weighted by Gasteiger charge is -2.16. The maximum atomic E-state index is 7.63. The molecule has 0 aliphatic carbocycles. The second-order valence-electron chi connectivity index (χ2n) is 4.82. The summed E-state index contributed by atoms with van der Waals surface area (Å²) >= 11 is 6.09. The number of hydrogen-bond donors (Lipinski definition) is 2. The lowest BCUT2D eigenvalue weighted by atomic mass is 10.0. The molecule has 0 amide bonds. The molecule has 0 fully saturated rings. The Bertz CT molecular complexity index is 638. The Hall–Kier alpha value is -2.00. The molecule has 3 N–H and O–H groups in total. The van der Waals surface area contributed by atoms with Gasteiger partial charge in [-0.2, -0.15) is 0 Å². The van der Waals surface area contributed by atoms with E-state index in [9.17, 15) is 0 Å². The predicted molar refractivity (Wildman–Crippen MR) is 83.1 cm³/mol. The largest absolute Gasteiger partial charge is 0.456 e. The van der Waals surface area contributed by atoms with Crippen molar-refractivity contribution in [3.8, 4) is 11.5 Å². The number of nitrogen functional groups attached to an aromatic ring is 1. The number of para-hydroxylation sites is 1. The molecule has 0 aliphatic heterocycles. The molecule has 0 atom stereocenters. The summed E-state index contributed by atoms with van der Waals surface area (Å²) in [6, 6.07) is 13.1. The second-order valence-corrected chi connectivity index (χ2v) is 5.23. The molecule has 2 aromatic carbocycles. The van der Waals surface area contributed by atoms with Crippen LogP contribution in [0.5, 0.6) is 11.5 Å². The molecule has 20 heavy (non-hydrogen) atoms. The molecule has 0 bridgehead atoms. The van der Waals surface area contributed by atoms with Gasteiger partial charge in [-0.1, -0.05) is 49.7 Å². The minimum absolute atomic E-state index is 0.104. The Balaban J connectivity index is 2.46. The topological polar surface area (TPSA) is 59.1 Å². The van der Waals surface area contributed by atoms with Gasteiger partial charge in [-0.05, 0) is 29.7 Å². The lowest BCUT2D eigenvalue weighted by molar-refractivity contribution is 0.472. The van der Waals surface area contributed by atoms with Crippen LogP contribution in [0.25, 0.3) is 0 Å². The first kappa shape index (κ1) is 14.4. The Kier molecular flexibility index (Phi) is 4.30. The van der Waals surface area contributed by atoms with E-state index in [1.54, 1.807) is 18.2 Å². The van der Waals surface area contributed by atoms with Crippen molar-refractivity contribution in [3.05, 3.63) is 58.6 Å². The maximum Gasteiger partial charge on any atom is 0.139 e. The van der Waals surface area contributed by atoms with Crippen molar-refractivity contribution in [2.75, 3.05) is 0 Å². The molecule has 0 radical (unpaired) electrons. The summed E-state index contributed by atoms with van der Waals surface area (Å²) in [5.74, 6) is 1.49. The Labute approximate surface area is 123 Å². The quantitative estimate of drug-likeness (QED) is 0.641. The lowest BCUT2D eigenvalue weighted by Crippen LogP contribution is -2.13. The first-order chi connectivity index (χ1) is 9.50. The third kappa shape index (κ3) is 2.94. The van der Waals surface area contributed by atoms with Gasteiger partial charge in [0.2, 0.25) is 0 Å². The normalized spacial score (nSPS) is 10.6. The molecule has 0 aliphatic rings. The van der Waals surface area contributed by atoms with Crippen LogP contribution in [0.3, 0.4) is 0 Å². The average molecular weight is 289 g/mol. The van der Waals surface area contributed by atoms with Gasteiger partial charge in [0.05, 0.1) is 10.6 Å². The van der Waals surface area contributed by atoms with Crippen molar-refractivity contribution < 1.29 is 4.74 Å². The Morgan fingerprint density at radius 2 is 1.75 bits per heavy atom. The van der Waals surface area contributed by atoms with Crippen LogP contribution in [0.4, 0.5) is 0 Å². The first-order valence-corrected chi connectivity index (χ1v) is 6.78. The molecule has 4 heteroatoms. The first-order valence-electron chi connectivity index (χ1n) is 6.40. The van der Waals surface area contributed by atoms with Gasteiger partial charge in [-0.15, -0.1) is 0 Å².